The van der Waals surface area contributed by atoms with Gasteiger partial charge >= 0.3 is 0 Å². The van der Waals surface area contributed by atoms with E-state index < -0.39 is 17.5 Å². The third-order valence-electron chi connectivity index (χ3n) is 2.48. The molecule has 0 atom stereocenters. The molecule has 2 aromatic rings. The molecule has 0 saturated carbocycles. The zero-order chi connectivity index (χ0) is 14.5. The van der Waals surface area contributed by atoms with Crippen LogP contribution >= 0.6 is 15.9 Å². The normalized spacial score (nSPS) is 10.4. The molecule has 0 amide bonds. The van der Waals surface area contributed by atoms with Crippen molar-refractivity contribution in [3.63, 3.8) is 0 Å². The van der Waals surface area contributed by atoms with Gasteiger partial charge in [-0.05, 0) is 18.2 Å². The highest BCUT2D eigenvalue weighted by molar-refractivity contribution is 9.10. The molecular weight excluding hydrogens is 335 g/mol. The van der Waals surface area contributed by atoms with E-state index in [4.69, 9.17) is 4.74 Å². The van der Waals surface area contributed by atoms with Gasteiger partial charge in [-0.3, -0.25) is 0 Å². The molecule has 6 heteroatoms. The highest BCUT2D eigenvalue weighted by Gasteiger charge is 2.09. The Morgan fingerprint density at radius 2 is 1.75 bits per heavy atom. The summed E-state index contributed by atoms with van der Waals surface area (Å²) in [5.74, 6) is -3.24. The first kappa shape index (κ1) is 14.7. The molecule has 0 unspecified atom stereocenters. The molecule has 20 heavy (non-hydrogen) atoms. The number of hydrogen-bond acceptors (Lipinski definition) is 2. The van der Waals surface area contributed by atoms with Crippen molar-refractivity contribution in [3.05, 3.63) is 58.3 Å². The van der Waals surface area contributed by atoms with Crippen LogP contribution in [0.15, 0.2) is 40.9 Å². The number of rotatable bonds is 5. The summed E-state index contributed by atoms with van der Waals surface area (Å²) in [6.07, 6.45) is 0. The Morgan fingerprint density at radius 3 is 2.40 bits per heavy atom. The molecule has 0 aliphatic rings. The third-order valence-corrected chi connectivity index (χ3v) is 2.97. The van der Waals surface area contributed by atoms with Crippen LogP contribution in [0.2, 0.25) is 0 Å². The molecule has 0 heterocycles. The molecule has 106 valence electrons. The molecular formula is C14H11BrF3NO. The van der Waals surface area contributed by atoms with Crippen molar-refractivity contribution in [2.45, 2.75) is 0 Å². The van der Waals surface area contributed by atoms with Crippen LogP contribution in [-0.2, 0) is 0 Å². The van der Waals surface area contributed by atoms with E-state index in [-0.39, 0.29) is 5.69 Å². The SMILES string of the molecule is Fc1cc(NCCOc2cccc(Br)c2)cc(F)c1F. The average Bonchev–Trinajstić information content (AvgIpc) is 2.41. The zero-order valence-corrected chi connectivity index (χ0v) is 11.9. The van der Waals surface area contributed by atoms with Crippen molar-refractivity contribution >= 4 is 21.6 Å². The van der Waals surface area contributed by atoms with Gasteiger partial charge in [-0.25, -0.2) is 13.2 Å². The maximum Gasteiger partial charge on any atom is 0.194 e. The Labute approximate surface area is 122 Å². The van der Waals surface area contributed by atoms with E-state index in [9.17, 15) is 13.2 Å². The predicted octanol–water partition coefficient (Wildman–Crippen LogP) is 4.36. The van der Waals surface area contributed by atoms with Gasteiger partial charge in [0.05, 0.1) is 0 Å². The Kier molecular flexibility index (Phi) is 4.89. The molecule has 2 nitrogen and oxygen atoms in total. The van der Waals surface area contributed by atoms with E-state index in [1.807, 2.05) is 12.1 Å². The van der Waals surface area contributed by atoms with Gasteiger partial charge in [-0.15, -0.1) is 0 Å². The van der Waals surface area contributed by atoms with Crippen molar-refractivity contribution < 1.29 is 17.9 Å². The van der Waals surface area contributed by atoms with Crippen molar-refractivity contribution in [2.24, 2.45) is 0 Å². The van der Waals surface area contributed by atoms with Gasteiger partial charge < -0.3 is 10.1 Å². The number of ether oxygens (including phenoxy) is 1. The van der Waals surface area contributed by atoms with Crippen LogP contribution in [0.5, 0.6) is 5.75 Å². The maximum absolute atomic E-state index is 13.0. The summed E-state index contributed by atoms with van der Waals surface area (Å²) in [6, 6.07) is 9.10. The monoisotopic (exact) mass is 345 g/mol. The topological polar surface area (TPSA) is 21.3 Å². The fourth-order valence-corrected chi connectivity index (χ4v) is 1.96. The van der Waals surface area contributed by atoms with Crippen molar-refractivity contribution in [3.8, 4) is 5.75 Å². The Balaban J connectivity index is 1.84. The zero-order valence-electron chi connectivity index (χ0n) is 10.3. The first-order valence-corrected chi connectivity index (χ1v) is 6.62. The van der Waals surface area contributed by atoms with Crippen molar-refractivity contribution in [1.82, 2.24) is 0 Å². The van der Waals surface area contributed by atoms with E-state index in [1.165, 1.54) is 0 Å². The van der Waals surface area contributed by atoms with Gasteiger partial charge in [0, 0.05) is 28.8 Å². The van der Waals surface area contributed by atoms with Crippen molar-refractivity contribution in [2.75, 3.05) is 18.5 Å². The predicted molar refractivity (Wildman–Crippen MR) is 74.4 cm³/mol. The molecule has 0 radical (unpaired) electrons. The Morgan fingerprint density at radius 1 is 1.05 bits per heavy atom. The molecule has 0 aliphatic heterocycles. The Hall–Kier alpha value is -1.69. The van der Waals surface area contributed by atoms with Crippen LogP contribution in [0.4, 0.5) is 18.9 Å². The van der Waals surface area contributed by atoms with E-state index in [0.717, 1.165) is 16.6 Å². The van der Waals surface area contributed by atoms with Crippen LogP contribution in [0.3, 0.4) is 0 Å². The smallest absolute Gasteiger partial charge is 0.194 e. The molecule has 0 aromatic heterocycles. The first-order valence-electron chi connectivity index (χ1n) is 5.83. The lowest BCUT2D eigenvalue weighted by Gasteiger charge is -2.09. The summed E-state index contributed by atoms with van der Waals surface area (Å²) in [7, 11) is 0. The number of anilines is 1. The van der Waals surface area contributed by atoms with E-state index in [0.29, 0.717) is 18.9 Å². The highest BCUT2D eigenvalue weighted by Crippen LogP contribution is 2.18. The average molecular weight is 346 g/mol. The molecule has 0 fully saturated rings. The van der Waals surface area contributed by atoms with Crippen LogP contribution in [-0.4, -0.2) is 13.2 Å². The second-order valence-corrected chi connectivity index (χ2v) is 4.90. The molecule has 0 aliphatic carbocycles. The molecule has 0 saturated heterocycles. The fourth-order valence-electron chi connectivity index (χ4n) is 1.58. The van der Waals surface area contributed by atoms with Gasteiger partial charge in [0.15, 0.2) is 17.5 Å². The second kappa shape index (κ2) is 6.65. The molecule has 0 bridgehead atoms. The lowest BCUT2D eigenvalue weighted by molar-refractivity contribution is 0.332. The minimum atomic E-state index is -1.47. The summed E-state index contributed by atoms with van der Waals surface area (Å²) in [4.78, 5) is 0. The molecule has 0 spiro atoms. The van der Waals surface area contributed by atoms with Crippen molar-refractivity contribution in [1.29, 1.82) is 0 Å². The number of hydrogen-bond donors (Lipinski definition) is 1. The van der Waals surface area contributed by atoms with Gasteiger partial charge in [0.2, 0.25) is 0 Å². The fraction of sp³-hybridized carbons (Fsp3) is 0.143. The maximum atomic E-state index is 13.0. The van der Waals surface area contributed by atoms with Crippen LogP contribution < -0.4 is 10.1 Å². The summed E-state index contributed by atoms with van der Waals surface area (Å²) >= 11 is 3.32. The van der Waals surface area contributed by atoms with Gasteiger partial charge in [-0.1, -0.05) is 22.0 Å². The summed E-state index contributed by atoms with van der Waals surface area (Å²) in [5, 5.41) is 2.76. The van der Waals surface area contributed by atoms with E-state index >= 15 is 0 Å². The highest BCUT2D eigenvalue weighted by atomic mass is 79.9. The number of benzene rings is 2. The number of halogens is 4. The molecule has 1 N–H and O–H groups in total. The minimum Gasteiger partial charge on any atom is -0.492 e. The van der Waals surface area contributed by atoms with E-state index in [1.54, 1.807) is 12.1 Å². The standard InChI is InChI=1S/C14H11BrF3NO/c15-9-2-1-3-11(6-9)20-5-4-19-10-7-12(16)14(18)13(17)8-10/h1-3,6-8,19H,4-5H2. The van der Waals surface area contributed by atoms with Crippen LogP contribution in [0.1, 0.15) is 0 Å². The largest absolute Gasteiger partial charge is 0.492 e. The van der Waals surface area contributed by atoms with Crippen LogP contribution in [0.25, 0.3) is 0 Å². The lowest BCUT2D eigenvalue weighted by atomic mass is 10.3. The van der Waals surface area contributed by atoms with Crippen LogP contribution in [0, 0.1) is 17.5 Å². The third kappa shape index (κ3) is 3.90. The molecule has 2 aromatic carbocycles. The summed E-state index contributed by atoms with van der Waals surface area (Å²) in [5.41, 5.74) is 0.166. The van der Waals surface area contributed by atoms with Gasteiger partial charge in [0.25, 0.3) is 0 Å². The summed E-state index contributed by atoms with van der Waals surface area (Å²) < 4.78 is 45.0. The first-order chi connectivity index (χ1) is 9.56. The van der Waals surface area contributed by atoms with Gasteiger partial charge in [-0.2, -0.15) is 0 Å². The summed E-state index contributed by atoms with van der Waals surface area (Å²) in [6.45, 7) is 0.633. The quantitative estimate of drug-likeness (QED) is 0.642. The molecule has 2 rings (SSSR count). The minimum absolute atomic E-state index is 0.166. The second-order valence-electron chi connectivity index (χ2n) is 3.99. The number of nitrogens with one attached hydrogen (secondary N) is 1. The lowest BCUT2D eigenvalue weighted by Crippen LogP contribution is -2.12. The van der Waals surface area contributed by atoms with Gasteiger partial charge in [0.1, 0.15) is 12.4 Å². The Bertz CT molecular complexity index is 584. The van der Waals surface area contributed by atoms with E-state index in [2.05, 4.69) is 21.2 Å².